The Morgan fingerprint density at radius 2 is 1.86 bits per heavy atom. The molecule has 0 unspecified atom stereocenters. The summed E-state index contributed by atoms with van der Waals surface area (Å²) in [7, 11) is -3.83. The van der Waals surface area contributed by atoms with Gasteiger partial charge in [-0.3, -0.25) is 4.79 Å². The number of aryl methyl sites for hydroxylation is 1. The van der Waals surface area contributed by atoms with Crippen LogP contribution in [0.15, 0.2) is 53.4 Å². The van der Waals surface area contributed by atoms with Crippen LogP contribution in [-0.2, 0) is 27.9 Å². The molecule has 9 heteroatoms. The minimum absolute atomic E-state index is 0.0457. The quantitative estimate of drug-likeness (QED) is 0.614. The van der Waals surface area contributed by atoms with E-state index in [4.69, 9.17) is 11.6 Å². The summed E-state index contributed by atoms with van der Waals surface area (Å²) in [6, 6.07) is 12.5. The fraction of sp³-hybridized carbons (Fsp3) is 0.263. The normalized spacial score (nSPS) is 12.8. The second-order valence-electron chi connectivity index (χ2n) is 6.28. The molecule has 0 bridgehead atoms. The Balaban J connectivity index is 1.67. The first kappa shape index (κ1) is 20.3. The summed E-state index contributed by atoms with van der Waals surface area (Å²) in [5.41, 5.74) is 1.84. The van der Waals surface area contributed by atoms with Crippen LogP contribution in [0.5, 0.6) is 0 Å². The molecule has 0 aliphatic rings. The number of para-hydroxylation sites is 2. The zero-order chi connectivity index (χ0) is 20.3. The molecule has 1 atom stereocenters. The molecule has 7 nitrogen and oxygen atoms in total. The van der Waals surface area contributed by atoms with Gasteiger partial charge < -0.3 is 9.88 Å². The van der Waals surface area contributed by atoms with E-state index in [0.29, 0.717) is 17.4 Å². The van der Waals surface area contributed by atoms with E-state index in [1.807, 2.05) is 35.8 Å². The summed E-state index contributed by atoms with van der Waals surface area (Å²) in [5.74, 6) is 0.275. The van der Waals surface area contributed by atoms with E-state index in [9.17, 15) is 13.2 Å². The zero-order valence-corrected chi connectivity index (χ0v) is 17.1. The molecule has 1 amide bonds. The molecule has 2 aromatic carbocycles. The zero-order valence-electron chi connectivity index (χ0n) is 15.5. The molecule has 1 aromatic heterocycles. The highest BCUT2D eigenvalue weighted by molar-refractivity contribution is 7.89. The maximum Gasteiger partial charge on any atom is 0.241 e. The molecule has 3 rings (SSSR count). The largest absolute Gasteiger partial charge is 0.347 e. The van der Waals surface area contributed by atoms with E-state index < -0.39 is 22.0 Å². The minimum atomic E-state index is -3.83. The van der Waals surface area contributed by atoms with E-state index in [0.717, 1.165) is 11.0 Å². The molecule has 28 heavy (non-hydrogen) atoms. The van der Waals surface area contributed by atoms with Crippen LogP contribution in [0.25, 0.3) is 11.0 Å². The molecule has 0 radical (unpaired) electrons. The number of hydrogen-bond donors (Lipinski definition) is 2. The highest BCUT2D eigenvalue weighted by Crippen LogP contribution is 2.16. The number of amides is 1. The molecular weight excluding hydrogens is 400 g/mol. The van der Waals surface area contributed by atoms with Gasteiger partial charge in [-0.05, 0) is 50.2 Å². The number of carbonyl (C=O) groups excluding carboxylic acids is 1. The van der Waals surface area contributed by atoms with Gasteiger partial charge in [0, 0.05) is 11.6 Å². The van der Waals surface area contributed by atoms with Gasteiger partial charge in [0.1, 0.15) is 5.82 Å². The standard InChI is InChI=1S/C19H21ClN4O3S/c1-3-24-17-7-5-4-6-16(17)22-18(24)12-21-19(25)13(2)23-28(26,27)15-10-8-14(20)9-11-15/h4-11,13,23H,3,12H2,1-2H3,(H,21,25)/t13-/m0/s1. The van der Waals surface area contributed by atoms with Crippen LogP contribution in [0.3, 0.4) is 0 Å². The van der Waals surface area contributed by atoms with Crippen LogP contribution in [0, 0.1) is 0 Å². The van der Waals surface area contributed by atoms with E-state index in [1.54, 1.807) is 0 Å². The van der Waals surface area contributed by atoms with Crippen molar-refractivity contribution >= 4 is 38.6 Å². The van der Waals surface area contributed by atoms with Gasteiger partial charge in [-0.2, -0.15) is 4.72 Å². The molecule has 0 saturated heterocycles. The molecule has 0 spiro atoms. The Morgan fingerprint density at radius 3 is 2.54 bits per heavy atom. The summed E-state index contributed by atoms with van der Waals surface area (Å²) >= 11 is 5.78. The van der Waals surface area contributed by atoms with Gasteiger partial charge in [-0.15, -0.1) is 0 Å². The average Bonchev–Trinajstić information content (AvgIpc) is 3.03. The van der Waals surface area contributed by atoms with Gasteiger partial charge in [0.05, 0.1) is 28.5 Å². The Bertz CT molecular complexity index is 1090. The van der Waals surface area contributed by atoms with Gasteiger partial charge >= 0.3 is 0 Å². The number of rotatable bonds is 7. The van der Waals surface area contributed by atoms with E-state index in [2.05, 4.69) is 15.0 Å². The number of hydrogen-bond acceptors (Lipinski definition) is 4. The summed E-state index contributed by atoms with van der Waals surface area (Å²) in [6.45, 7) is 4.41. The molecule has 2 N–H and O–H groups in total. The Labute approximate surface area is 168 Å². The van der Waals surface area contributed by atoms with Crippen LogP contribution in [0.4, 0.5) is 0 Å². The third-order valence-corrected chi connectivity index (χ3v) is 6.13. The number of halogens is 1. The van der Waals surface area contributed by atoms with Gasteiger partial charge in [0.15, 0.2) is 0 Å². The van der Waals surface area contributed by atoms with Crippen molar-refractivity contribution < 1.29 is 13.2 Å². The van der Waals surface area contributed by atoms with Crippen molar-refractivity contribution in [1.29, 1.82) is 0 Å². The highest BCUT2D eigenvalue weighted by Gasteiger charge is 2.22. The lowest BCUT2D eigenvalue weighted by Gasteiger charge is -2.15. The average molecular weight is 421 g/mol. The third kappa shape index (κ3) is 4.35. The molecule has 0 aliphatic heterocycles. The summed E-state index contributed by atoms with van der Waals surface area (Å²) < 4.78 is 29.2. The number of sulfonamides is 1. The fourth-order valence-electron chi connectivity index (χ4n) is 2.90. The topological polar surface area (TPSA) is 93.1 Å². The number of fused-ring (bicyclic) bond motifs is 1. The van der Waals surface area contributed by atoms with Crippen molar-refractivity contribution in [3.63, 3.8) is 0 Å². The monoisotopic (exact) mass is 420 g/mol. The second-order valence-corrected chi connectivity index (χ2v) is 8.43. The van der Waals surface area contributed by atoms with Gasteiger partial charge in [-0.1, -0.05) is 23.7 Å². The number of benzene rings is 2. The lowest BCUT2D eigenvalue weighted by atomic mass is 10.3. The molecule has 3 aromatic rings. The first-order valence-electron chi connectivity index (χ1n) is 8.81. The fourth-order valence-corrected chi connectivity index (χ4v) is 4.23. The molecule has 0 saturated carbocycles. The van der Waals surface area contributed by atoms with Gasteiger partial charge in [0.2, 0.25) is 15.9 Å². The van der Waals surface area contributed by atoms with Crippen molar-refractivity contribution in [2.75, 3.05) is 0 Å². The van der Waals surface area contributed by atoms with E-state index >= 15 is 0 Å². The number of nitrogens with one attached hydrogen (secondary N) is 2. The van der Waals surface area contributed by atoms with Crippen LogP contribution in [0.2, 0.25) is 5.02 Å². The van der Waals surface area contributed by atoms with E-state index in [1.165, 1.54) is 31.2 Å². The Hall–Kier alpha value is -2.42. The maximum atomic E-state index is 12.4. The molecule has 1 heterocycles. The first-order chi connectivity index (χ1) is 13.3. The predicted molar refractivity (Wildman–Crippen MR) is 108 cm³/mol. The molecule has 148 valence electrons. The summed E-state index contributed by atoms with van der Waals surface area (Å²) in [5, 5.41) is 3.18. The molecule has 0 aliphatic carbocycles. The van der Waals surface area contributed by atoms with Crippen LogP contribution in [-0.4, -0.2) is 29.9 Å². The smallest absolute Gasteiger partial charge is 0.241 e. The van der Waals surface area contributed by atoms with E-state index in [-0.39, 0.29) is 11.4 Å². The van der Waals surface area contributed by atoms with Gasteiger partial charge in [0.25, 0.3) is 0 Å². The van der Waals surface area contributed by atoms with Crippen LogP contribution in [0.1, 0.15) is 19.7 Å². The first-order valence-corrected chi connectivity index (χ1v) is 10.7. The number of carbonyl (C=O) groups is 1. The number of aromatic nitrogens is 2. The van der Waals surface area contributed by atoms with Crippen LogP contribution < -0.4 is 10.0 Å². The van der Waals surface area contributed by atoms with Crippen molar-refractivity contribution in [3.8, 4) is 0 Å². The summed E-state index contributed by atoms with van der Waals surface area (Å²) in [4.78, 5) is 17.0. The third-order valence-electron chi connectivity index (χ3n) is 4.32. The Kier molecular flexibility index (Phi) is 6.02. The van der Waals surface area contributed by atoms with Crippen LogP contribution >= 0.6 is 11.6 Å². The maximum absolute atomic E-state index is 12.4. The Morgan fingerprint density at radius 1 is 1.18 bits per heavy atom. The van der Waals surface area contributed by atoms with Crippen molar-refractivity contribution in [1.82, 2.24) is 19.6 Å². The number of imidazole rings is 1. The van der Waals surface area contributed by atoms with Crippen molar-refractivity contribution in [2.45, 2.75) is 37.9 Å². The highest BCUT2D eigenvalue weighted by atomic mass is 35.5. The lowest BCUT2D eigenvalue weighted by molar-refractivity contribution is -0.122. The summed E-state index contributed by atoms with van der Waals surface area (Å²) in [6.07, 6.45) is 0. The van der Waals surface area contributed by atoms with Crippen molar-refractivity contribution in [3.05, 3.63) is 59.4 Å². The molecule has 0 fully saturated rings. The van der Waals surface area contributed by atoms with Crippen molar-refractivity contribution in [2.24, 2.45) is 0 Å². The minimum Gasteiger partial charge on any atom is -0.347 e. The number of nitrogens with zero attached hydrogens (tertiary/aromatic N) is 2. The predicted octanol–water partition coefficient (Wildman–Crippen LogP) is 2.69. The molecular formula is C19H21ClN4O3S. The van der Waals surface area contributed by atoms with Gasteiger partial charge in [-0.25, -0.2) is 13.4 Å². The second kappa shape index (κ2) is 8.30. The SMILES string of the molecule is CCn1c(CNC(=O)[C@H](C)NS(=O)(=O)c2ccc(Cl)cc2)nc2ccccc21. The lowest BCUT2D eigenvalue weighted by Crippen LogP contribution is -2.44.